The molecule has 1 aliphatic rings. The van der Waals surface area contributed by atoms with Crippen molar-refractivity contribution in [2.45, 2.75) is 13.0 Å². The third-order valence-electron chi connectivity index (χ3n) is 3.03. The maximum Gasteiger partial charge on any atom is 0.269 e. The van der Waals surface area contributed by atoms with Gasteiger partial charge in [-0.25, -0.2) is 9.97 Å². The molecular weight excluding hydrogens is 296 g/mol. The Morgan fingerprint density at radius 3 is 3.25 bits per heavy atom. The molecule has 1 amide bonds. The van der Waals surface area contributed by atoms with Gasteiger partial charge in [0.1, 0.15) is 4.88 Å². The van der Waals surface area contributed by atoms with Crippen molar-refractivity contribution in [2.24, 2.45) is 0 Å². The van der Waals surface area contributed by atoms with E-state index in [-0.39, 0.29) is 5.91 Å². The van der Waals surface area contributed by atoms with Crippen molar-refractivity contribution in [1.82, 2.24) is 14.4 Å². The second-order valence-corrected chi connectivity index (χ2v) is 6.45. The van der Waals surface area contributed by atoms with Crippen LogP contribution in [0.25, 0.3) is 4.96 Å². The van der Waals surface area contributed by atoms with Gasteiger partial charge in [-0.1, -0.05) is 22.7 Å². The van der Waals surface area contributed by atoms with Crippen molar-refractivity contribution >= 4 is 38.7 Å². The number of imidazole rings is 1. The number of carbonyl (C=O) groups is 1. The van der Waals surface area contributed by atoms with Crippen molar-refractivity contribution in [1.29, 1.82) is 0 Å². The Morgan fingerprint density at radius 1 is 1.45 bits per heavy atom. The normalized spacial score (nSPS) is 14.4. The minimum absolute atomic E-state index is 0.146. The lowest BCUT2D eigenvalue weighted by Gasteiger charge is -2.08. The number of rotatable bonds is 2. The van der Waals surface area contributed by atoms with Crippen LogP contribution in [0.4, 0.5) is 5.13 Å². The minimum Gasteiger partial charge on any atom is -0.375 e. The molecule has 0 bridgehead atoms. The fourth-order valence-corrected chi connectivity index (χ4v) is 3.85. The first kappa shape index (κ1) is 12.0. The number of ether oxygens (including phenoxy) is 1. The molecule has 0 aliphatic carbocycles. The predicted molar refractivity (Wildman–Crippen MR) is 76.5 cm³/mol. The number of nitrogens with zero attached hydrogens (tertiary/aromatic N) is 3. The summed E-state index contributed by atoms with van der Waals surface area (Å²) in [6.07, 6.45) is 6.12. The number of amides is 1. The topological polar surface area (TPSA) is 68.5 Å². The van der Waals surface area contributed by atoms with Crippen molar-refractivity contribution < 1.29 is 9.53 Å². The summed E-state index contributed by atoms with van der Waals surface area (Å²) in [7, 11) is 0. The molecule has 0 aromatic carbocycles. The number of thiazole rings is 2. The molecule has 4 heterocycles. The lowest BCUT2D eigenvalue weighted by Crippen LogP contribution is -2.10. The van der Waals surface area contributed by atoms with Crippen LogP contribution in [0.15, 0.2) is 18.6 Å². The van der Waals surface area contributed by atoms with E-state index < -0.39 is 0 Å². The Morgan fingerprint density at radius 2 is 2.40 bits per heavy atom. The molecule has 4 rings (SSSR count). The minimum atomic E-state index is -0.146. The average Bonchev–Trinajstić information content (AvgIpc) is 3.11. The zero-order valence-corrected chi connectivity index (χ0v) is 12.0. The maximum atomic E-state index is 12.2. The van der Waals surface area contributed by atoms with E-state index in [0.717, 1.165) is 22.0 Å². The monoisotopic (exact) mass is 306 g/mol. The summed E-state index contributed by atoms with van der Waals surface area (Å²) in [5, 5.41) is 3.48. The Hall–Kier alpha value is -1.77. The van der Waals surface area contributed by atoms with Crippen molar-refractivity contribution in [3.05, 3.63) is 34.0 Å². The zero-order valence-electron chi connectivity index (χ0n) is 10.3. The Bertz CT molecular complexity index is 736. The molecule has 0 saturated heterocycles. The number of hydrogen-bond acceptors (Lipinski definition) is 6. The molecule has 8 heteroatoms. The smallest absolute Gasteiger partial charge is 0.269 e. The van der Waals surface area contributed by atoms with E-state index in [1.54, 1.807) is 12.4 Å². The third kappa shape index (κ3) is 2.01. The number of aromatic nitrogens is 3. The standard InChI is InChI=1S/C12H10N4O2S2/c17-10(8-5-16-3-2-13-12(16)20-8)15-11-14-7-1-4-18-6-9(7)19-11/h2-3,5H,1,4,6H2,(H,14,15,17). The summed E-state index contributed by atoms with van der Waals surface area (Å²) in [4.78, 5) is 23.3. The van der Waals surface area contributed by atoms with Gasteiger partial charge in [0.2, 0.25) is 0 Å². The van der Waals surface area contributed by atoms with E-state index in [4.69, 9.17) is 4.74 Å². The lowest BCUT2D eigenvalue weighted by atomic mass is 10.2. The van der Waals surface area contributed by atoms with Crippen LogP contribution in [0.3, 0.4) is 0 Å². The van der Waals surface area contributed by atoms with E-state index in [2.05, 4.69) is 15.3 Å². The Kier molecular flexibility index (Phi) is 2.79. The molecule has 0 unspecified atom stereocenters. The lowest BCUT2D eigenvalue weighted by molar-refractivity contribution is 0.103. The summed E-state index contributed by atoms with van der Waals surface area (Å²) in [5.41, 5.74) is 1.04. The molecule has 0 fully saturated rings. The molecular formula is C12H10N4O2S2. The van der Waals surface area contributed by atoms with Gasteiger partial charge >= 0.3 is 0 Å². The van der Waals surface area contributed by atoms with Gasteiger partial charge in [-0.2, -0.15) is 0 Å². The highest BCUT2D eigenvalue weighted by Crippen LogP contribution is 2.27. The second kappa shape index (κ2) is 4.65. The summed E-state index contributed by atoms with van der Waals surface area (Å²) in [6.45, 7) is 1.29. The first-order valence-corrected chi connectivity index (χ1v) is 7.73. The highest BCUT2D eigenvalue weighted by Gasteiger charge is 2.18. The average molecular weight is 306 g/mol. The third-order valence-corrected chi connectivity index (χ3v) is 5.03. The van der Waals surface area contributed by atoms with E-state index in [1.807, 2.05) is 10.6 Å². The van der Waals surface area contributed by atoms with E-state index in [0.29, 0.717) is 23.2 Å². The van der Waals surface area contributed by atoms with E-state index in [9.17, 15) is 4.79 Å². The maximum absolute atomic E-state index is 12.2. The summed E-state index contributed by atoms with van der Waals surface area (Å²) in [6, 6.07) is 0. The van der Waals surface area contributed by atoms with E-state index >= 15 is 0 Å². The molecule has 1 aliphatic heterocycles. The van der Waals surface area contributed by atoms with Crippen molar-refractivity contribution in [3.8, 4) is 0 Å². The number of fused-ring (bicyclic) bond motifs is 2. The van der Waals surface area contributed by atoms with Crippen molar-refractivity contribution in [2.75, 3.05) is 11.9 Å². The highest BCUT2D eigenvalue weighted by atomic mass is 32.1. The van der Waals surface area contributed by atoms with Crippen LogP contribution in [-0.4, -0.2) is 26.9 Å². The van der Waals surface area contributed by atoms with Gasteiger partial charge in [-0.15, -0.1) is 0 Å². The number of nitrogens with one attached hydrogen (secondary N) is 1. The molecule has 0 atom stereocenters. The van der Waals surface area contributed by atoms with Crippen LogP contribution >= 0.6 is 22.7 Å². The van der Waals surface area contributed by atoms with Gasteiger partial charge in [0.05, 0.1) is 23.8 Å². The SMILES string of the molecule is O=C(Nc1nc2c(s1)COCC2)c1cn2ccnc2s1. The highest BCUT2D eigenvalue weighted by molar-refractivity contribution is 7.19. The first-order chi connectivity index (χ1) is 9.79. The van der Waals surface area contributed by atoms with Gasteiger partial charge in [0, 0.05) is 25.0 Å². The fourth-order valence-electron chi connectivity index (χ4n) is 2.07. The molecule has 1 N–H and O–H groups in total. The van der Waals surface area contributed by atoms with Gasteiger partial charge in [0.25, 0.3) is 5.91 Å². The summed E-state index contributed by atoms with van der Waals surface area (Å²) < 4.78 is 7.21. The Labute approximate surface area is 122 Å². The molecule has 3 aromatic heterocycles. The summed E-state index contributed by atoms with van der Waals surface area (Å²) in [5.74, 6) is -0.146. The van der Waals surface area contributed by atoms with Crippen LogP contribution < -0.4 is 5.32 Å². The molecule has 20 heavy (non-hydrogen) atoms. The quantitative estimate of drug-likeness (QED) is 0.788. The van der Waals surface area contributed by atoms with Crippen LogP contribution in [0, 0.1) is 0 Å². The number of hydrogen-bond donors (Lipinski definition) is 1. The summed E-state index contributed by atoms with van der Waals surface area (Å²) >= 11 is 2.84. The van der Waals surface area contributed by atoms with Gasteiger partial charge in [-0.05, 0) is 0 Å². The van der Waals surface area contributed by atoms with Crippen LogP contribution in [0.5, 0.6) is 0 Å². The Balaban J connectivity index is 1.57. The molecule has 0 spiro atoms. The molecule has 3 aromatic rings. The largest absolute Gasteiger partial charge is 0.375 e. The number of carbonyl (C=O) groups excluding carboxylic acids is 1. The zero-order chi connectivity index (χ0) is 13.5. The fraction of sp³-hybridized carbons (Fsp3) is 0.250. The number of anilines is 1. The van der Waals surface area contributed by atoms with Gasteiger partial charge < -0.3 is 4.74 Å². The van der Waals surface area contributed by atoms with Crippen molar-refractivity contribution in [3.63, 3.8) is 0 Å². The van der Waals surface area contributed by atoms with Crippen LogP contribution in [0.1, 0.15) is 20.2 Å². The van der Waals surface area contributed by atoms with Crippen LogP contribution in [0.2, 0.25) is 0 Å². The second-order valence-electron chi connectivity index (χ2n) is 4.36. The van der Waals surface area contributed by atoms with Gasteiger partial charge in [0.15, 0.2) is 10.1 Å². The van der Waals surface area contributed by atoms with Crippen LogP contribution in [-0.2, 0) is 17.8 Å². The van der Waals surface area contributed by atoms with E-state index in [1.165, 1.54) is 22.7 Å². The molecule has 102 valence electrons. The first-order valence-electron chi connectivity index (χ1n) is 6.10. The molecule has 0 radical (unpaired) electrons. The molecule has 0 saturated carbocycles. The van der Waals surface area contributed by atoms with Gasteiger partial charge in [-0.3, -0.25) is 14.5 Å². The predicted octanol–water partition coefficient (Wildman–Crippen LogP) is 2.18. The molecule has 6 nitrogen and oxygen atoms in total.